The lowest BCUT2D eigenvalue weighted by molar-refractivity contribution is 0.229. The first-order valence-corrected chi connectivity index (χ1v) is 8.52. The van der Waals surface area contributed by atoms with Gasteiger partial charge < -0.3 is 9.63 Å². The van der Waals surface area contributed by atoms with E-state index in [1.54, 1.807) is 21.5 Å². The fraction of sp³-hybridized carbons (Fsp3) is 0.412. The van der Waals surface area contributed by atoms with E-state index in [0.29, 0.717) is 23.7 Å². The normalized spacial score (nSPS) is 12.2. The summed E-state index contributed by atoms with van der Waals surface area (Å²) in [5.41, 5.74) is 3.08. The summed E-state index contributed by atoms with van der Waals surface area (Å²) in [6, 6.07) is 1.63. The number of hydrogen-bond donors (Lipinski definition) is 1. The zero-order valence-electron chi connectivity index (χ0n) is 15.6. The fourth-order valence-corrected chi connectivity index (χ4v) is 3.16. The van der Waals surface area contributed by atoms with Crippen LogP contribution < -0.4 is 0 Å². The molecule has 4 aromatic rings. The van der Waals surface area contributed by atoms with Crippen molar-refractivity contribution in [2.75, 3.05) is 0 Å². The van der Waals surface area contributed by atoms with Crippen LogP contribution in [0.25, 0.3) is 17.0 Å². The standard InChI is InChI=1S/C17H20N8O2/c1-17(2,3)15-11(6-14-18-9-20-24(14)4)22-25-13(15)7-19-21-16(25)12-5-10(8-26)27-23-12/h5,7,9,26H,6,8H2,1-4H3. The van der Waals surface area contributed by atoms with Crippen LogP contribution >= 0.6 is 0 Å². The molecule has 0 bridgehead atoms. The molecule has 1 N–H and O–H groups in total. The largest absolute Gasteiger partial charge is 0.388 e. The second-order valence-electron chi connectivity index (χ2n) is 7.35. The minimum atomic E-state index is -0.236. The average molecular weight is 368 g/mol. The number of aliphatic hydroxyl groups excluding tert-OH is 1. The van der Waals surface area contributed by atoms with E-state index in [4.69, 9.17) is 9.62 Å². The summed E-state index contributed by atoms with van der Waals surface area (Å²) in [5.74, 6) is 1.62. The molecule has 0 amide bonds. The number of hydrogen-bond acceptors (Lipinski definition) is 8. The predicted molar refractivity (Wildman–Crippen MR) is 94.7 cm³/mol. The molecule has 0 saturated heterocycles. The molecule has 4 heterocycles. The summed E-state index contributed by atoms with van der Waals surface area (Å²) >= 11 is 0. The van der Waals surface area contributed by atoms with Crippen molar-refractivity contribution in [3.8, 4) is 11.5 Å². The van der Waals surface area contributed by atoms with Gasteiger partial charge in [0, 0.05) is 18.7 Å². The maximum absolute atomic E-state index is 9.23. The third-order valence-electron chi connectivity index (χ3n) is 4.35. The Balaban J connectivity index is 1.92. The Kier molecular flexibility index (Phi) is 3.99. The van der Waals surface area contributed by atoms with Gasteiger partial charge in [0.25, 0.3) is 0 Å². The molecule has 4 aromatic heterocycles. The van der Waals surface area contributed by atoms with Crippen molar-refractivity contribution in [2.24, 2.45) is 7.05 Å². The maximum atomic E-state index is 9.23. The lowest BCUT2D eigenvalue weighted by atomic mass is 9.85. The number of nitrogens with zero attached hydrogens (tertiary/aromatic N) is 8. The number of aliphatic hydroxyl groups is 1. The van der Waals surface area contributed by atoms with Gasteiger partial charge in [0.05, 0.1) is 23.8 Å². The van der Waals surface area contributed by atoms with E-state index in [-0.39, 0.29) is 12.0 Å². The van der Waals surface area contributed by atoms with Crippen molar-refractivity contribution in [3.05, 3.63) is 41.4 Å². The second-order valence-corrected chi connectivity index (χ2v) is 7.35. The highest BCUT2D eigenvalue weighted by molar-refractivity contribution is 5.63. The summed E-state index contributed by atoms with van der Waals surface area (Å²) in [5, 5.41) is 30.5. The van der Waals surface area contributed by atoms with Crippen molar-refractivity contribution in [2.45, 2.75) is 39.2 Å². The molecule has 0 atom stereocenters. The Bertz CT molecular complexity index is 1100. The summed E-state index contributed by atoms with van der Waals surface area (Å²) in [4.78, 5) is 4.32. The van der Waals surface area contributed by atoms with Gasteiger partial charge in [-0.3, -0.25) is 4.68 Å². The minimum absolute atomic E-state index is 0.171. The van der Waals surface area contributed by atoms with Crippen LogP contribution in [-0.4, -0.2) is 44.8 Å². The molecule has 0 aliphatic carbocycles. The molecule has 0 unspecified atom stereocenters. The minimum Gasteiger partial charge on any atom is -0.388 e. The highest BCUT2D eigenvalue weighted by atomic mass is 16.5. The molecular formula is C17H20N8O2. The third kappa shape index (κ3) is 2.97. The summed E-state index contributed by atoms with van der Waals surface area (Å²) in [7, 11) is 1.86. The monoisotopic (exact) mass is 368 g/mol. The van der Waals surface area contributed by atoms with Crippen LogP contribution in [0, 0.1) is 0 Å². The molecule has 0 saturated carbocycles. The van der Waals surface area contributed by atoms with Gasteiger partial charge in [-0.2, -0.15) is 15.3 Å². The highest BCUT2D eigenvalue weighted by Gasteiger charge is 2.27. The van der Waals surface area contributed by atoms with E-state index in [9.17, 15) is 5.11 Å². The first-order valence-electron chi connectivity index (χ1n) is 8.52. The van der Waals surface area contributed by atoms with Gasteiger partial charge >= 0.3 is 0 Å². The van der Waals surface area contributed by atoms with Crippen LogP contribution in [0.2, 0.25) is 0 Å². The van der Waals surface area contributed by atoms with E-state index in [0.717, 1.165) is 22.6 Å². The van der Waals surface area contributed by atoms with Crippen LogP contribution in [0.1, 0.15) is 43.6 Å². The number of aryl methyl sites for hydroxylation is 1. The Labute approximate surface area is 154 Å². The Morgan fingerprint density at radius 3 is 2.70 bits per heavy atom. The van der Waals surface area contributed by atoms with Crippen LogP contribution in [0.5, 0.6) is 0 Å². The van der Waals surface area contributed by atoms with Crippen molar-refractivity contribution in [3.63, 3.8) is 0 Å². The van der Waals surface area contributed by atoms with E-state index >= 15 is 0 Å². The molecule has 27 heavy (non-hydrogen) atoms. The molecule has 0 radical (unpaired) electrons. The van der Waals surface area contributed by atoms with E-state index in [1.165, 1.54) is 6.33 Å². The van der Waals surface area contributed by atoms with Crippen molar-refractivity contribution >= 4 is 5.52 Å². The topological polar surface area (TPSA) is 120 Å². The van der Waals surface area contributed by atoms with Gasteiger partial charge in [-0.1, -0.05) is 25.9 Å². The zero-order chi connectivity index (χ0) is 19.2. The lowest BCUT2D eigenvalue weighted by Crippen LogP contribution is -2.14. The molecule has 4 rings (SSSR count). The molecule has 0 fully saturated rings. The average Bonchev–Trinajstić information content (AvgIpc) is 3.32. The van der Waals surface area contributed by atoms with E-state index < -0.39 is 0 Å². The third-order valence-corrected chi connectivity index (χ3v) is 4.35. The zero-order valence-corrected chi connectivity index (χ0v) is 15.6. The van der Waals surface area contributed by atoms with Gasteiger partial charge in [0.1, 0.15) is 18.8 Å². The number of rotatable bonds is 4. The van der Waals surface area contributed by atoms with Crippen molar-refractivity contribution in [1.29, 1.82) is 0 Å². The Morgan fingerprint density at radius 2 is 2.07 bits per heavy atom. The van der Waals surface area contributed by atoms with E-state index in [1.807, 2.05) is 7.05 Å². The first-order chi connectivity index (χ1) is 12.9. The van der Waals surface area contributed by atoms with Crippen LogP contribution in [0.15, 0.2) is 23.1 Å². The lowest BCUT2D eigenvalue weighted by Gasteiger charge is -2.19. The quantitative estimate of drug-likeness (QED) is 0.572. The van der Waals surface area contributed by atoms with Gasteiger partial charge in [-0.25, -0.2) is 9.50 Å². The molecule has 10 heteroatoms. The molecule has 0 aromatic carbocycles. The Hall–Kier alpha value is -3.14. The second kappa shape index (κ2) is 6.23. The molecule has 0 aliphatic rings. The summed E-state index contributed by atoms with van der Waals surface area (Å²) < 4.78 is 8.55. The van der Waals surface area contributed by atoms with Crippen molar-refractivity contribution < 1.29 is 9.63 Å². The number of fused-ring (bicyclic) bond motifs is 1. The number of aromatic nitrogens is 8. The van der Waals surface area contributed by atoms with Gasteiger partial charge in [-0.15, -0.1) is 5.10 Å². The Morgan fingerprint density at radius 1 is 1.26 bits per heavy atom. The van der Waals surface area contributed by atoms with Gasteiger partial charge in [0.2, 0.25) is 5.82 Å². The molecule has 10 nitrogen and oxygen atoms in total. The molecule has 0 aliphatic heterocycles. The predicted octanol–water partition coefficient (Wildman–Crippen LogP) is 1.29. The van der Waals surface area contributed by atoms with Gasteiger partial charge in [-0.05, 0) is 5.41 Å². The maximum Gasteiger partial charge on any atom is 0.205 e. The molecular weight excluding hydrogens is 348 g/mol. The highest BCUT2D eigenvalue weighted by Crippen LogP contribution is 2.32. The van der Waals surface area contributed by atoms with Gasteiger partial charge in [0.15, 0.2) is 11.5 Å². The van der Waals surface area contributed by atoms with Crippen LogP contribution in [0.3, 0.4) is 0 Å². The summed E-state index contributed by atoms with van der Waals surface area (Å²) in [6.45, 7) is 6.15. The van der Waals surface area contributed by atoms with Crippen molar-refractivity contribution in [1.82, 2.24) is 39.7 Å². The van der Waals surface area contributed by atoms with Crippen LogP contribution in [-0.2, 0) is 25.5 Å². The van der Waals surface area contributed by atoms with E-state index in [2.05, 4.69) is 46.2 Å². The smallest absolute Gasteiger partial charge is 0.205 e. The first kappa shape index (κ1) is 17.3. The molecule has 140 valence electrons. The summed E-state index contributed by atoms with van der Waals surface area (Å²) in [6.07, 6.45) is 3.76. The molecule has 0 spiro atoms. The van der Waals surface area contributed by atoms with Crippen LogP contribution in [0.4, 0.5) is 0 Å². The SMILES string of the molecule is Cn1ncnc1Cc1nn2c(-c3cc(CO)on3)nncc2c1C(C)(C)C. The fourth-order valence-electron chi connectivity index (χ4n) is 3.16.